The second kappa shape index (κ2) is 6.82. The number of halogens is 5. The van der Waals surface area contributed by atoms with Crippen LogP contribution in [0.15, 0.2) is 33.5 Å². The molecular weight excluding hydrogens is 375 g/mol. The third-order valence-corrected chi connectivity index (χ3v) is 3.78. The van der Waals surface area contributed by atoms with Gasteiger partial charge in [0.15, 0.2) is 23.3 Å². The number of carbonyl (C=O) groups is 1. The summed E-state index contributed by atoms with van der Waals surface area (Å²) in [7, 11) is 0. The van der Waals surface area contributed by atoms with Crippen LogP contribution < -0.4 is 10.4 Å². The van der Waals surface area contributed by atoms with Crippen LogP contribution in [0.2, 0.25) is 0 Å². The summed E-state index contributed by atoms with van der Waals surface area (Å²) in [4.78, 5) is 23.3. The van der Waals surface area contributed by atoms with E-state index in [1.807, 2.05) is 0 Å². The maximum absolute atomic E-state index is 13.6. The van der Waals surface area contributed by atoms with Crippen LogP contribution in [0.4, 0.5) is 22.0 Å². The molecule has 2 aromatic carbocycles. The Morgan fingerprint density at radius 2 is 1.56 bits per heavy atom. The van der Waals surface area contributed by atoms with Crippen molar-refractivity contribution in [3.05, 3.63) is 74.9 Å². The quantitative estimate of drug-likeness (QED) is 0.171. The molecule has 4 nitrogen and oxygen atoms in total. The zero-order valence-electron chi connectivity index (χ0n) is 13.5. The molecule has 0 radical (unpaired) electrons. The van der Waals surface area contributed by atoms with Crippen molar-refractivity contribution < 1.29 is 35.9 Å². The lowest BCUT2D eigenvalue weighted by Crippen LogP contribution is -2.16. The molecule has 0 aliphatic heterocycles. The van der Waals surface area contributed by atoms with Crippen LogP contribution in [0, 0.1) is 36.0 Å². The van der Waals surface area contributed by atoms with Gasteiger partial charge < -0.3 is 9.15 Å². The Morgan fingerprint density at radius 1 is 0.963 bits per heavy atom. The molecule has 1 heterocycles. The van der Waals surface area contributed by atoms with E-state index in [1.54, 1.807) is 6.92 Å². The van der Waals surface area contributed by atoms with Crippen molar-refractivity contribution in [3.63, 3.8) is 0 Å². The highest BCUT2D eigenvalue weighted by Crippen LogP contribution is 2.25. The number of benzene rings is 2. The van der Waals surface area contributed by atoms with Crippen LogP contribution in [0.1, 0.15) is 11.1 Å². The van der Waals surface area contributed by atoms with Gasteiger partial charge in [0.05, 0.1) is 6.42 Å². The van der Waals surface area contributed by atoms with Crippen molar-refractivity contribution in [2.45, 2.75) is 13.3 Å². The molecule has 0 unspecified atom stereocenters. The van der Waals surface area contributed by atoms with E-state index in [4.69, 9.17) is 9.15 Å². The van der Waals surface area contributed by atoms with E-state index in [1.165, 1.54) is 24.3 Å². The predicted octanol–water partition coefficient (Wildman–Crippen LogP) is 3.95. The van der Waals surface area contributed by atoms with Crippen molar-refractivity contribution in [2.75, 3.05) is 0 Å². The van der Waals surface area contributed by atoms with Crippen molar-refractivity contribution >= 4 is 16.9 Å². The molecule has 140 valence electrons. The smallest absolute Gasteiger partial charge is 0.336 e. The SMILES string of the molecule is Cc1cc(=O)oc2cc(OC(=O)Cc3c(F)c(F)c(F)c(F)c3F)ccc12. The van der Waals surface area contributed by atoms with E-state index in [-0.39, 0.29) is 11.3 Å². The Balaban J connectivity index is 1.89. The van der Waals surface area contributed by atoms with Crippen molar-refractivity contribution in [1.29, 1.82) is 0 Å². The third kappa shape index (κ3) is 3.40. The first-order valence-electron chi connectivity index (χ1n) is 7.44. The number of rotatable bonds is 3. The summed E-state index contributed by atoms with van der Waals surface area (Å²) in [6, 6.07) is 5.26. The van der Waals surface area contributed by atoms with E-state index in [0.29, 0.717) is 10.9 Å². The second-order valence-corrected chi connectivity index (χ2v) is 5.61. The first kappa shape index (κ1) is 18.6. The molecular formula is C18H9F5O4. The Kier molecular flexibility index (Phi) is 4.69. The highest BCUT2D eigenvalue weighted by atomic mass is 19.2. The molecule has 0 aliphatic rings. The molecule has 3 aromatic rings. The summed E-state index contributed by atoms with van der Waals surface area (Å²) < 4.78 is 76.4. The largest absolute Gasteiger partial charge is 0.426 e. The van der Waals surface area contributed by atoms with Gasteiger partial charge in [0.25, 0.3) is 0 Å². The summed E-state index contributed by atoms with van der Waals surface area (Å²) in [6.45, 7) is 1.66. The summed E-state index contributed by atoms with van der Waals surface area (Å²) in [5, 5.41) is 0.564. The van der Waals surface area contributed by atoms with Gasteiger partial charge in [-0.15, -0.1) is 0 Å². The standard InChI is InChI=1S/C18H9F5O4/c1-7-4-12(24)27-11-5-8(2-3-9(7)11)26-13(25)6-10-14(19)16(21)18(23)17(22)15(10)20/h2-5H,6H2,1H3. The normalized spacial score (nSPS) is 11.0. The minimum absolute atomic E-state index is 0.0986. The van der Waals surface area contributed by atoms with Crippen molar-refractivity contribution in [2.24, 2.45) is 0 Å². The molecule has 0 N–H and O–H groups in total. The minimum atomic E-state index is -2.32. The van der Waals surface area contributed by atoms with Gasteiger partial charge in [0.2, 0.25) is 5.82 Å². The van der Waals surface area contributed by atoms with Gasteiger partial charge in [0, 0.05) is 23.1 Å². The first-order valence-corrected chi connectivity index (χ1v) is 7.44. The fourth-order valence-corrected chi connectivity index (χ4v) is 2.49. The lowest BCUT2D eigenvalue weighted by Gasteiger charge is -2.09. The highest BCUT2D eigenvalue weighted by Gasteiger charge is 2.27. The van der Waals surface area contributed by atoms with E-state index in [0.717, 1.165) is 0 Å². The van der Waals surface area contributed by atoms with Gasteiger partial charge in [-0.3, -0.25) is 4.79 Å². The van der Waals surface area contributed by atoms with Gasteiger partial charge in [0.1, 0.15) is 11.3 Å². The van der Waals surface area contributed by atoms with E-state index >= 15 is 0 Å². The van der Waals surface area contributed by atoms with Gasteiger partial charge in [-0.05, 0) is 24.6 Å². The Hall–Kier alpha value is -3.23. The zero-order chi connectivity index (χ0) is 19.9. The van der Waals surface area contributed by atoms with Crippen LogP contribution in [0.25, 0.3) is 11.0 Å². The van der Waals surface area contributed by atoms with Crippen molar-refractivity contribution in [3.8, 4) is 5.75 Å². The van der Waals surface area contributed by atoms with Gasteiger partial charge in [-0.2, -0.15) is 0 Å². The molecule has 27 heavy (non-hydrogen) atoms. The van der Waals surface area contributed by atoms with Crippen LogP contribution in [0.3, 0.4) is 0 Å². The summed E-state index contributed by atoms with van der Waals surface area (Å²) in [5.74, 6) is -12.2. The van der Waals surface area contributed by atoms with Crippen LogP contribution in [0.5, 0.6) is 5.75 Å². The third-order valence-electron chi connectivity index (χ3n) is 3.78. The van der Waals surface area contributed by atoms with Crippen molar-refractivity contribution in [1.82, 2.24) is 0 Å². The fourth-order valence-electron chi connectivity index (χ4n) is 2.49. The monoisotopic (exact) mass is 384 g/mol. The van der Waals surface area contributed by atoms with E-state index < -0.39 is 52.7 Å². The number of carbonyl (C=O) groups excluding carboxylic acids is 1. The zero-order valence-corrected chi connectivity index (χ0v) is 13.5. The molecule has 9 heteroatoms. The Labute approximate surface area is 147 Å². The minimum Gasteiger partial charge on any atom is -0.426 e. The molecule has 0 spiro atoms. The lowest BCUT2D eigenvalue weighted by atomic mass is 10.1. The average Bonchev–Trinajstić information content (AvgIpc) is 2.61. The average molecular weight is 384 g/mol. The summed E-state index contributed by atoms with van der Waals surface area (Å²) >= 11 is 0. The van der Waals surface area contributed by atoms with Crippen LogP contribution >= 0.6 is 0 Å². The lowest BCUT2D eigenvalue weighted by molar-refractivity contribution is -0.133. The molecule has 0 amide bonds. The molecule has 0 aliphatic carbocycles. The maximum Gasteiger partial charge on any atom is 0.336 e. The van der Waals surface area contributed by atoms with Gasteiger partial charge in [-0.25, -0.2) is 26.7 Å². The number of esters is 1. The topological polar surface area (TPSA) is 56.5 Å². The highest BCUT2D eigenvalue weighted by molar-refractivity contribution is 5.83. The summed E-state index contributed by atoms with van der Waals surface area (Å²) in [6.07, 6.45) is -1.19. The number of hydrogen-bond acceptors (Lipinski definition) is 4. The van der Waals surface area contributed by atoms with E-state index in [9.17, 15) is 31.5 Å². The molecule has 0 saturated heterocycles. The summed E-state index contributed by atoms with van der Waals surface area (Å²) in [5.41, 5.74) is -1.23. The fraction of sp³-hybridized carbons (Fsp3) is 0.111. The predicted molar refractivity (Wildman–Crippen MR) is 82.8 cm³/mol. The van der Waals surface area contributed by atoms with Crippen LogP contribution in [-0.4, -0.2) is 5.97 Å². The first-order chi connectivity index (χ1) is 12.7. The molecule has 0 saturated carbocycles. The second-order valence-electron chi connectivity index (χ2n) is 5.61. The maximum atomic E-state index is 13.6. The molecule has 0 atom stereocenters. The van der Waals surface area contributed by atoms with Gasteiger partial charge >= 0.3 is 11.6 Å². The van der Waals surface area contributed by atoms with Gasteiger partial charge in [-0.1, -0.05) is 0 Å². The van der Waals surface area contributed by atoms with Crippen LogP contribution in [-0.2, 0) is 11.2 Å². The molecule has 3 rings (SSSR count). The van der Waals surface area contributed by atoms with E-state index in [2.05, 4.69) is 0 Å². The molecule has 1 aromatic heterocycles. The number of hydrogen-bond donors (Lipinski definition) is 0. The Bertz CT molecular complexity index is 1110. The molecule has 0 fully saturated rings. The Morgan fingerprint density at radius 3 is 2.19 bits per heavy atom. The number of fused-ring (bicyclic) bond motifs is 1. The molecule has 0 bridgehead atoms. The number of aryl methyl sites for hydroxylation is 1. The number of ether oxygens (including phenoxy) is 1.